The molecule has 4 nitrogen and oxygen atoms in total. The zero-order valence-corrected chi connectivity index (χ0v) is 13.2. The second kappa shape index (κ2) is 7.25. The molecule has 1 atom stereocenters. The third kappa shape index (κ3) is 3.93. The number of ether oxygens (including phenoxy) is 1. The van der Waals surface area contributed by atoms with E-state index in [2.05, 4.69) is 37.9 Å². The van der Waals surface area contributed by atoms with E-state index in [0.29, 0.717) is 0 Å². The highest BCUT2D eigenvalue weighted by atomic mass is 16.5. The summed E-state index contributed by atoms with van der Waals surface area (Å²) >= 11 is 0. The molecular formula is C15H30N2O2. The van der Waals surface area contributed by atoms with Gasteiger partial charge in [-0.05, 0) is 46.8 Å². The van der Waals surface area contributed by atoms with Crippen molar-refractivity contribution < 1.29 is 9.53 Å². The second-order valence-electron chi connectivity index (χ2n) is 6.07. The molecule has 0 bridgehead atoms. The molecule has 0 spiro atoms. The fraction of sp³-hybridized carbons (Fsp3) is 0.933. The van der Waals surface area contributed by atoms with Gasteiger partial charge < -0.3 is 9.64 Å². The van der Waals surface area contributed by atoms with Crippen molar-refractivity contribution in [3.05, 3.63) is 0 Å². The molecule has 0 radical (unpaired) electrons. The molecule has 1 aliphatic carbocycles. The molecule has 1 unspecified atom stereocenters. The fourth-order valence-corrected chi connectivity index (χ4v) is 2.96. The monoisotopic (exact) mass is 270 g/mol. The molecule has 0 aromatic heterocycles. The summed E-state index contributed by atoms with van der Waals surface area (Å²) in [5.74, 6) is -0.0934. The van der Waals surface area contributed by atoms with Gasteiger partial charge in [0.1, 0.15) is 6.04 Å². The van der Waals surface area contributed by atoms with E-state index in [1.54, 1.807) is 0 Å². The minimum atomic E-state index is -0.0950. The zero-order chi connectivity index (χ0) is 14.5. The van der Waals surface area contributed by atoms with Crippen molar-refractivity contribution in [1.29, 1.82) is 0 Å². The maximum absolute atomic E-state index is 11.9. The van der Waals surface area contributed by atoms with Gasteiger partial charge in [0, 0.05) is 12.1 Å². The third-order valence-corrected chi connectivity index (χ3v) is 4.61. The predicted molar refractivity (Wildman–Crippen MR) is 78.2 cm³/mol. The number of rotatable bonds is 8. The number of unbranched alkanes of at least 4 members (excludes halogenated alkanes) is 1. The van der Waals surface area contributed by atoms with Crippen molar-refractivity contribution in [2.45, 2.75) is 57.0 Å². The van der Waals surface area contributed by atoms with E-state index < -0.39 is 0 Å². The first-order chi connectivity index (χ1) is 8.96. The third-order valence-electron chi connectivity index (χ3n) is 4.61. The average molecular weight is 270 g/mol. The molecule has 0 heterocycles. The Kier molecular flexibility index (Phi) is 6.27. The van der Waals surface area contributed by atoms with Crippen LogP contribution in [0.3, 0.4) is 0 Å². The fourth-order valence-electron chi connectivity index (χ4n) is 2.96. The Morgan fingerprint density at radius 1 is 1.32 bits per heavy atom. The predicted octanol–water partition coefficient (Wildman–Crippen LogP) is 2.13. The maximum atomic E-state index is 11.9. The molecule has 0 aliphatic heterocycles. The normalized spacial score (nSPS) is 19.3. The maximum Gasteiger partial charge on any atom is 0.323 e. The van der Waals surface area contributed by atoms with Gasteiger partial charge in [0.25, 0.3) is 0 Å². The Hall–Kier alpha value is -0.610. The first-order valence-corrected chi connectivity index (χ1v) is 7.42. The quantitative estimate of drug-likeness (QED) is 0.633. The summed E-state index contributed by atoms with van der Waals surface area (Å²) < 4.78 is 4.96. The van der Waals surface area contributed by atoms with Crippen LogP contribution in [0.5, 0.6) is 0 Å². The summed E-state index contributed by atoms with van der Waals surface area (Å²) in [6, 6.07) is -0.0950. The van der Waals surface area contributed by atoms with Crippen molar-refractivity contribution in [3.63, 3.8) is 0 Å². The van der Waals surface area contributed by atoms with E-state index in [1.165, 1.54) is 26.4 Å². The summed E-state index contributed by atoms with van der Waals surface area (Å²) in [4.78, 5) is 16.5. The van der Waals surface area contributed by atoms with Crippen LogP contribution in [0, 0.1) is 0 Å². The van der Waals surface area contributed by atoms with Gasteiger partial charge in [-0.25, -0.2) is 0 Å². The molecule has 0 saturated heterocycles. The van der Waals surface area contributed by atoms with Crippen LogP contribution < -0.4 is 0 Å². The van der Waals surface area contributed by atoms with E-state index in [1.807, 2.05) is 0 Å². The minimum absolute atomic E-state index is 0.0934. The molecule has 112 valence electrons. The summed E-state index contributed by atoms with van der Waals surface area (Å²) in [6.07, 6.45) is 6.82. The molecule has 0 aromatic rings. The number of carbonyl (C=O) groups excluding carboxylic acids is 1. The van der Waals surface area contributed by atoms with Crippen LogP contribution in [0.4, 0.5) is 0 Å². The van der Waals surface area contributed by atoms with Crippen LogP contribution in [0.2, 0.25) is 0 Å². The van der Waals surface area contributed by atoms with Crippen LogP contribution in [-0.4, -0.2) is 62.1 Å². The molecule has 0 amide bonds. The van der Waals surface area contributed by atoms with Gasteiger partial charge >= 0.3 is 5.97 Å². The minimum Gasteiger partial charge on any atom is -0.468 e. The lowest BCUT2D eigenvalue weighted by molar-refractivity contribution is -0.147. The first kappa shape index (κ1) is 16.4. The lowest BCUT2D eigenvalue weighted by Gasteiger charge is -2.50. The van der Waals surface area contributed by atoms with E-state index in [-0.39, 0.29) is 17.6 Å². The van der Waals surface area contributed by atoms with E-state index in [0.717, 1.165) is 25.8 Å². The number of hydrogen-bond acceptors (Lipinski definition) is 4. The molecule has 4 heteroatoms. The van der Waals surface area contributed by atoms with Gasteiger partial charge in [-0.2, -0.15) is 0 Å². The van der Waals surface area contributed by atoms with Crippen LogP contribution in [0.15, 0.2) is 0 Å². The van der Waals surface area contributed by atoms with Gasteiger partial charge in [-0.15, -0.1) is 0 Å². The summed E-state index contributed by atoms with van der Waals surface area (Å²) in [5, 5.41) is 0. The molecular weight excluding hydrogens is 240 g/mol. The molecule has 1 saturated carbocycles. The number of methoxy groups -OCH3 is 1. The molecule has 0 N–H and O–H groups in total. The molecule has 1 rings (SSSR count). The Labute approximate surface area is 118 Å². The topological polar surface area (TPSA) is 32.8 Å². The van der Waals surface area contributed by atoms with Gasteiger partial charge in [0.05, 0.1) is 7.11 Å². The first-order valence-electron chi connectivity index (χ1n) is 7.42. The Morgan fingerprint density at radius 3 is 2.32 bits per heavy atom. The van der Waals surface area contributed by atoms with Crippen molar-refractivity contribution in [2.75, 3.05) is 34.8 Å². The standard InChI is InChI=1S/C15H30N2O2/c1-6-7-9-13(14(18)19-5)17(4)12-15(16(2)3)10-8-11-15/h13H,6-12H2,1-5H3. The van der Waals surface area contributed by atoms with Gasteiger partial charge in [0.2, 0.25) is 0 Å². The molecule has 0 aromatic carbocycles. The highest BCUT2D eigenvalue weighted by molar-refractivity contribution is 5.75. The highest BCUT2D eigenvalue weighted by Gasteiger charge is 2.41. The van der Waals surface area contributed by atoms with Crippen LogP contribution in [0.25, 0.3) is 0 Å². The van der Waals surface area contributed by atoms with Gasteiger partial charge in [-0.1, -0.05) is 19.8 Å². The van der Waals surface area contributed by atoms with Crippen molar-refractivity contribution in [2.24, 2.45) is 0 Å². The molecule has 1 aliphatic rings. The number of hydrogen-bond donors (Lipinski definition) is 0. The van der Waals surface area contributed by atoms with E-state index in [9.17, 15) is 4.79 Å². The van der Waals surface area contributed by atoms with E-state index >= 15 is 0 Å². The SMILES string of the molecule is CCCCC(C(=O)OC)N(C)CC1(N(C)C)CCC1. The largest absolute Gasteiger partial charge is 0.468 e. The highest BCUT2D eigenvalue weighted by Crippen LogP contribution is 2.37. The smallest absolute Gasteiger partial charge is 0.323 e. The number of nitrogens with zero attached hydrogens (tertiary/aromatic N) is 2. The summed E-state index contributed by atoms with van der Waals surface area (Å²) in [5.41, 5.74) is 0.257. The average Bonchev–Trinajstić information content (AvgIpc) is 2.33. The number of esters is 1. The molecule has 19 heavy (non-hydrogen) atoms. The number of carbonyl (C=O) groups is 1. The summed E-state index contributed by atoms with van der Waals surface area (Å²) in [7, 11) is 7.83. The summed E-state index contributed by atoms with van der Waals surface area (Å²) in [6.45, 7) is 3.10. The Morgan fingerprint density at radius 2 is 1.95 bits per heavy atom. The zero-order valence-electron chi connectivity index (χ0n) is 13.2. The van der Waals surface area contributed by atoms with Crippen molar-refractivity contribution in [1.82, 2.24) is 9.80 Å². The Balaban J connectivity index is 2.65. The van der Waals surface area contributed by atoms with Gasteiger partial charge in [-0.3, -0.25) is 9.69 Å². The van der Waals surface area contributed by atoms with Gasteiger partial charge in [0.15, 0.2) is 0 Å². The number of likely N-dealkylation sites (N-methyl/N-ethyl adjacent to an activating group) is 2. The Bertz CT molecular complexity index is 288. The van der Waals surface area contributed by atoms with E-state index in [4.69, 9.17) is 4.74 Å². The van der Waals surface area contributed by atoms with Crippen molar-refractivity contribution >= 4 is 5.97 Å². The molecule has 1 fully saturated rings. The van der Waals surface area contributed by atoms with Crippen LogP contribution in [-0.2, 0) is 9.53 Å². The lowest BCUT2D eigenvalue weighted by atomic mass is 9.75. The van der Waals surface area contributed by atoms with Crippen LogP contribution in [0.1, 0.15) is 45.4 Å². The lowest BCUT2D eigenvalue weighted by Crippen LogP contribution is -2.58. The second-order valence-corrected chi connectivity index (χ2v) is 6.07. The van der Waals surface area contributed by atoms with Crippen molar-refractivity contribution in [3.8, 4) is 0 Å². The van der Waals surface area contributed by atoms with Crippen LogP contribution >= 0.6 is 0 Å².